The molecule has 0 aliphatic carbocycles. The number of fused-ring (bicyclic) bond motifs is 1. The zero-order valence-corrected chi connectivity index (χ0v) is 16.5. The van der Waals surface area contributed by atoms with Gasteiger partial charge in [0.05, 0.1) is 29.9 Å². The van der Waals surface area contributed by atoms with Crippen LogP contribution in [0.15, 0.2) is 48.7 Å². The average Bonchev–Trinajstić information content (AvgIpc) is 3.05. The highest BCUT2D eigenvalue weighted by Crippen LogP contribution is 2.26. The van der Waals surface area contributed by atoms with Crippen LogP contribution in [0.3, 0.4) is 0 Å². The number of nitrogens with one attached hydrogen (secondary N) is 3. The Labute approximate surface area is 177 Å². The summed E-state index contributed by atoms with van der Waals surface area (Å²) in [6, 6.07) is 11.6. The van der Waals surface area contributed by atoms with E-state index in [1.807, 2.05) is 37.3 Å². The number of carboxylic acids is 1. The molecule has 1 aliphatic rings. The van der Waals surface area contributed by atoms with E-state index in [1.165, 1.54) is 6.20 Å². The molecular formula is C21H20N6O4. The molecular weight excluding hydrogens is 400 g/mol. The van der Waals surface area contributed by atoms with E-state index in [1.54, 1.807) is 12.1 Å². The first kappa shape index (κ1) is 20.2. The Morgan fingerprint density at radius 3 is 2.68 bits per heavy atom. The Kier molecular flexibility index (Phi) is 5.46. The van der Waals surface area contributed by atoms with E-state index < -0.39 is 12.0 Å². The van der Waals surface area contributed by atoms with E-state index in [0.717, 1.165) is 5.56 Å². The van der Waals surface area contributed by atoms with E-state index in [0.29, 0.717) is 17.1 Å². The van der Waals surface area contributed by atoms with Gasteiger partial charge in [0.2, 0.25) is 5.95 Å². The highest BCUT2D eigenvalue weighted by Gasteiger charge is 2.27. The second kappa shape index (κ2) is 8.36. The SMILES string of the molecule is CC1NC(=O)c2ccc(Nc3ncc(C(=O)O)c(N[C@H](CO)c4ccccc4)n3)nc21. The van der Waals surface area contributed by atoms with Crippen LogP contribution >= 0.6 is 0 Å². The molecule has 0 spiro atoms. The number of carboxylic acid groups (broad SMARTS) is 1. The van der Waals surface area contributed by atoms with Gasteiger partial charge in [-0.05, 0) is 24.6 Å². The van der Waals surface area contributed by atoms with Crippen molar-refractivity contribution < 1.29 is 19.8 Å². The number of aliphatic hydroxyl groups excluding tert-OH is 1. The van der Waals surface area contributed by atoms with Crippen molar-refractivity contribution in [1.29, 1.82) is 0 Å². The van der Waals surface area contributed by atoms with Crippen LogP contribution in [0.4, 0.5) is 17.6 Å². The topological polar surface area (TPSA) is 149 Å². The summed E-state index contributed by atoms with van der Waals surface area (Å²) in [7, 11) is 0. The zero-order chi connectivity index (χ0) is 22.0. The monoisotopic (exact) mass is 420 g/mol. The molecule has 2 aromatic heterocycles. The van der Waals surface area contributed by atoms with Crippen LogP contribution in [0.5, 0.6) is 0 Å². The lowest BCUT2D eigenvalue weighted by Crippen LogP contribution is -2.19. The van der Waals surface area contributed by atoms with Crippen LogP contribution in [0, 0.1) is 0 Å². The lowest BCUT2D eigenvalue weighted by atomic mass is 10.1. The van der Waals surface area contributed by atoms with Gasteiger partial charge < -0.3 is 26.2 Å². The van der Waals surface area contributed by atoms with Gasteiger partial charge in [0.25, 0.3) is 5.91 Å². The number of hydrogen-bond donors (Lipinski definition) is 5. The number of carbonyl (C=O) groups is 2. The molecule has 4 rings (SSSR count). The van der Waals surface area contributed by atoms with Crippen molar-refractivity contribution in [2.45, 2.75) is 19.0 Å². The number of amides is 1. The van der Waals surface area contributed by atoms with Gasteiger partial charge in [0, 0.05) is 6.20 Å². The number of aliphatic hydroxyl groups is 1. The van der Waals surface area contributed by atoms with E-state index in [-0.39, 0.29) is 35.9 Å². The molecule has 0 saturated carbocycles. The maximum Gasteiger partial charge on any atom is 0.341 e. The first-order valence-corrected chi connectivity index (χ1v) is 9.57. The number of pyridine rings is 1. The van der Waals surface area contributed by atoms with Gasteiger partial charge in [-0.25, -0.2) is 14.8 Å². The molecule has 1 aliphatic heterocycles. The first-order valence-electron chi connectivity index (χ1n) is 9.57. The minimum atomic E-state index is -1.20. The number of aromatic carboxylic acids is 1. The number of carbonyl (C=O) groups excluding carboxylic acids is 1. The Hall–Kier alpha value is -4.05. The third kappa shape index (κ3) is 4.14. The van der Waals surface area contributed by atoms with E-state index in [9.17, 15) is 19.8 Å². The second-order valence-corrected chi connectivity index (χ2v) is 7.00. The number of anilines is 3. The normalized spacial score (nSPS) is 15.7. The molecule has 0 bridgehead atoms. The number of rotatable bonds is 7. The molecule has 31 heavy (non-hydrogen) atoms. The largest absolute Gasteiger partial charge is 0.477 e. The summed E-state index contributed by atoms with van der Waals surface area (Å²) < 4.78 is 0. The average molecular weight is 420 g/mol. The lowest BCUT2D eigenvalue weighted by Gasteiger charge is -2.19. The Balaban J connectivity index is 1.62. The quantitative estimate of drug-likeness (QED) is 0.388. The van der Waals surface area contributed by atoms with Gasteiger partial charge in [-0.2, -0.15) is 4.98 Å². The molecule has 0 saturated heterocycles. The van der Waals surface area contributed by atoms with E-state index >= 15 is 0 Å². The van der Waals surface area contributed by atoms with Crippen molar-refractivity contribution in [2.24, 2.45) is 0 Å². The van der Waals surface area contributed by atoms with Crippen molar-refractivity contribution in [2.75, 3.05) is 17.2 Å². The van der Waals surface area contributed by atoms with Crippen LogP contribution in [0.1, 0.15) is 51.0 Å². The summed E-state index contributed by atoms with van der Waals surface area (Å²) >= 11 is 0. The maximum atomic E-state index is 11.9. The number of hydrogen-bond acceptors (Lipinski definition) is 8. The Morgan fingerprint density at radius 2 is 1.97 bits per heavy atom. The Bertz CT molecular complexity index is 1140. The van der Waals surface area contributed by atoms with Gasteiger partial charge in [-0.3, -0.25) is 4.79 Å². The molecule has 3 heterocycles. The predicted molar refractivity (Wildman–Crippen MR) is 112 cm³/mol. The van der Waals surface area contributed by atoms with Gasteiger partial charge in [-0.1, -0.05) is 30.3 Å². The van der Waals surface area contributed by atoms with Crippen LogP contribution in [-0.2, 0) is 0 Å². The molecule has 1 amide bonds. The highest BCUT2D eigenvalue weighted by molar-refractivity contribution is 5.98. The van der Waals surface area contributed by atoms with Crippen molar-refractivity contribution in [3.05, 3.63) is 71.0 Å². The summed E-state index contributed by atoms with van der Waals surface area (Å²) in [5.74, 6) is -0.786. The molecule has 10 nitrogen and oxygen atoms in total. The minimum Gasteiger partial charge on any atom is -0.477 e. The van der Waals surface area contributed by atoms with Gasteiger partial charge in [0.1, 0.15) is 17.2 Å². The Morgan fingerprint density at radius 1 is 1.19 bits per heavy atom. The van der Waals surface area contributed by atoms with Crippen molar-refractivity contribution in [3.63, 3.8) is 0 Å². The molecule has 1 aromatic carbocycles. The third-order valence-corrected chi connectivity index (χ3v) is 4.88. The summed E-state index contributed by atoms with van der Waals surface area (Å²) in [5.41, 5.74) is 1.77. The van der Waals surface area contributed by atoms with Crippen molar-refractivity contribution in [1.82, 2.24) is 20.3 Å². The smallest absolute Gasteiger partial charge is 0.341 e. The van der Waals surface area contributed by atoms with Crippen LogP contribution in [0.2, 0.25) is 0 Å². The molecule has 158 valence electrons. The summed E-state index contributed by atoms with van der Waals surface area (Å²) in [6.07, 6.45) is 1.18. The van der Waals surface area contributed by atoms with E-state index in [2.05, 4.69) is 30.9 Å². The number of benzene rings is 1. The van der Waals surface area contributed by atoms with Crippen molar-refractivity contribution in [3.8, 4) is 0 Å². The molecule has 10 heteroatoms. The lowest BCUT2D eigenvalue weighted by molar-refractivity contribution is 0.0696. The first-order chi connectivity index (χ1) is 15.0. The van der Waals surface area contributed by atoms with Crippen LogP contribution in [0.25, 0.3) is 0 Å². The molecule has 0 radical (unpaired) electrons. The third-order valence-electron chi connectivity index (χ3n) is 4.88. The van der Waals surface area contributed by atoms with Crippen LogP contribution < -0.4 is 16.0 Å². The maximum absolute atomic E-state index is 11.9. The minimum absolute atomic E-state index is 0.0549. The number of aromatic nitrogens is 3. The molecule has 0 fully saturated rings. The fourth-order valence-corrected chi connectivity index (χ4v) is 3.32. The fourth-order valence-electron chi connectivity index (χ4n) is 3.32. The zero-order valence-electron chi connectivity index (χ0n) is 16.5. The van der Waals surface area contributed by atoms with Crippen molar-refractivity contribution >= 4 is 29.5 Å². The fraction of sp³-hybridized carbons (Fsp3) is 0.190. The van der Waals surface area contributed by atoms with E-state index in [4.69, 9.17) is 0 Å². The highest BCUT2D eigenvalue weighted by atomic mass is 16.4. The van der Waals surface area contributed by atoms with Gasteiger partial charge in [-0.15, -0.1) is 0 Å². The number of nitrogens with zero attached hydrogens (tertiary/aromatic N) is 3. The van der Waals surface area contributed by atoms with Gasteiger partial charge >= 0.3 is 5.97 Å². The summed E-state index contributed by atoms with van der Waals surface area (Å²) in [5, 5.41) is 28.0. The predicted octanol–water partition coefficient (Wildman–Crippen LogP) is 2.26. The van der Waals surface area contributed by atoms with Gasteiger partial charge in [0.15, 0.2) is 0 Å². The molecule has 5 N–H and O–H groups in total. The second-order valence-electron chi connectivity index (χ2n) is 7.00. The van der Waals surface area contributed by atoms with Crippen LogP contribution in [-0.4, -0.2) is 43.6 Å². The molecule has 1 unspecified atom stereocenters. The summed E-state index contributed by atoms with van der Waals surface area (Å²) in [6.45, 7) is 1.57. The molecule has 3 aromatic rings. The standard InChI is InChI=1S/C21H20N6O4/c1-11-17-13(19(29)23-11)7-8-16(25-17)26-21-22-9-14(20(30)31)18(27-21)24-15(10-28)12-5-3-2-4-6-12/h2-9,11,15,28H,10H2,1H3,(H,23,29)(H,30,31)(H2,22,24,25,26,27)/t11?,15-/m1/s1. The molecule has 2 atom stereocenters. The summed E-state index contributed by atoms with van der Waals surface area (Å²) in [4.78, 5) is 36.3.